The van der Waals surface area contributed by atoms with Crippen LogP contribution in [0.5, 0.6) is 0 Å². The summed E-state index contributed by atoms with van der Waals surface area (Å²) in [4.78, 5) is 14.2. The van der Waals surface area contributed by atoms with Crippen LogP contribution in [0.3, 0.4) is 0 Å². The first-order valence-corrected chi connectivity index (χ1v) is 12.5. The molecule has 0 fully saturated rings. The maximum Gasteiger partial charge on any atom is 0.240 e. The number of hydrogen-bond acceptors (Lipinski definition) is 5. The van der Waals surface area contributed by atoms with Gasteiger partial charge in [-0.1, -0.05) is 17.7 Å². The molecule has 0 radical (unpaired) electrons. The molecule has 0 heterocycles. The van der Waals surface area contributed by atoms with Crippen LogP contribution in [0.2, 0.25) is 5.02 Å². The quantitative estimate of drug-likeness (QED) is 0.471. The molecular weight excluding hydrogens is 424 g/mol. The van der Waals surface area contributed by atoms with Crippen molar-refractivity contribution >= 4 is 56.7 Å². The average Bonchev–Trinajstić information content (AvgIpc) is 2.64. The highest BCUT2D eigenvalue weighted by Gasteiger charge is 2.20. The van der Waals surface area contributed by atoms with Crippen LogP contribution in [0.4, 0.5) is 5.69 Å². The van der Waals surface area contributed by atoms with Gasteiger partial charge in [-0.05, 0) is 48.7 Å². The molecule has 0 spiro atoms. The summed E-state index contributed by atoms with van der Waals surface area (Å²) < 4.78 is 25.4. The third-order valence-corrected chi connectivity index (χ3v) is 6.67. The minimum Gasteiger partial charge on any atom is -0.354 e. The first-order chi connectivity index (χ1) is 12.8. The van der Waals surface area contributed by atoms with Crippen LogP contribution in [0.15, 0.2) is 58.3 Å². The van der Waals surface area contributed by atoms with Crippen molar-refractivity contribution in [1.82, 2.24) is 5.32 Å². The standard InChI is InChI=1S/C18H21ClN2O3S3/c1-25-17-5-3-4-15(12-17)21(27(2,23)24)13-18(22)20-10-11-26-16-8-6-14(19)7-9-16/h3-9,12H,10-11,13H2,1-2H3,(H,20,22). The van der Waals surface area contributed by atoms with Crippen LogP contribution in [0.25, 0.3) is 0 Å². The molecule has 1 N–H and O–H groups in total. The topological polar surface area (TPSA) is 66.5 Å². The van der Waals surface area contributed by atoms with E-state index in [1.165, 1.54) is 11.8 Å². The van der Waals surface area contributed by atoms with Crippen molar-refractivity contribution in [3.63, 3.8) is 0 Å². The molecular formula is C18H21ClN2O3S3. The van der Waals surface area contributed by atoms with Gasteiger partial charge in [-0.15, -0.1) is 23.5 Å². The van der Waals surface area contributed by atoms with Crippen LogP contribution in [0.1, 0.15) is 0 Å². The normalized spacial score (nSPS) is 11.2. The second-order valence-electron chi connectivity index (χ2n) is 5.62. The van der Waals surface area contributed by atoms with E-state index < -0.39 is 10.0 Å². The minimum absolute atomic E-state index is 0.248. The summed E-state index contributed by atoms with van der Waals surface area (Å²) in [7, 11) is -3.57. The number of rotatable bonds is 9. The highest BCUT2D eigenvalue weighted by atomic mass is 35.5. The molecule has 9 heteroatoms. The highest BCUT2D eigenvalue weighted by molar-refractivity contribution is 7.99. The number of anilines is 1. The van der Waals surface area contributed by atoms with Gasteiger partial charge >= 0.3 is 0 Å². The Morgan fingerprint density at radius 1 is 1.15 bits per heavy atom. The number of thioether (sulfide) groups is 2. The van der Waals surface area contributed by atoms with E-state index in [4.69, 9.17) is 11.6 Å². The molecule has 146 valence electrons. The second kappa shape index (κ2) is 10.3. The monoisotopic (exact) mass is 444 g/mol. The fourth-order valence-electron chi connectivity index (χ4n) is 2.24. The molecule has 0 aliphatic carbocycles. The largest absolute Gasteiger partial charge is 0.354 e. The van der Waals surface area contributed by atoms with Crippen molar-refractivity contribution in [3.05, 3.63) is 53.6 Å². The highest BCUT2D eigenvalue weighted by Crippen LogP contribution is 2.24. The first kappa shape index (κ1) is 21.9. The molecule has 0 atom stereocenters. The number of carbonyl (C=O) groups is 1. The molecule has 1 amide bonds. The molecule has 2 aromatic rings. The number of sulfonamides is 1. The van der Waals surface area contributed by atoms with E-state index in [0.29, 0.717) is 23.0 Å². The van der Waals surface area contributed by atoms with Crippen LogP contribution >= 0.6 is 35.1 Å². The summed E-state index contributed by atoms with van der Waals surface area (Å²) >= 11 is 8.95. The SMILES string of the molecule is CSc1cccc(N(CC(=O)NCCSc2ccc(Cl)cc2)S(C)(=O)=O)c1. The molecule has 2 rings (SSSR count). The molecule has 0 aliphatic rings. The fraction of sp³-hybridized carbons (Fsp3) is 0.278. The number of amides is 1. The van der Waals surface area contributed by atoms with Crippen LogP contribution in [-0.2, 0) is 14.8 Å². The summed E-state index contributed by atoms with van der Waals surface area (Å²) in [5.41, 5.74) is 0.482. The van der Waals surface area contributed by atoms with Crippen molar-refractivity contribution in [2.45, 2.75) is 9.79 Å². The summed E-state index contributed by atoms with van der Waals surface area (Å²) in [5, 5.41) is 3.45. The Labute approximate surface area is 173 Å². The maximum absolute atomic E-state index is 12.2. The lowest BCUT2D eigenvalue weighted by molar-refractivity contribution is -0.119. The molecule has 0 unspecified atom stereocenters. The lowest BCUT2D eigenvalue weighted by Crippen LogP contribution is -2.41. The minimum atomic E-state index is -3.57. The van der Waals surface area contributed by atoms with Crippen LogP contribution < -0.4 is 9.62 Å². The Morgan fingerprint density at radius 2 is 1.85 bits per heavy atom. The Hall–Kier alpha value is -1.35. The van der Waals surface area contributed by atoms with Gasteiger partial charge < -0.3 is 5.32 Å². The molecule has 0 aliphatic heterocycles. The molecule has 27 heavy (non-hydrogen) atoms. The van der Waals surface area contributed by atoms with Gasteiger partial charge in [-0.2, -0.15) is 0 Å². The first-order valence-electron chi connectivity index (χ1n) is 8.06. The predicted octanol–water partition coefficient (Wildman–Crippen LogP) is 3.74. The van der Waals surface area contributed by atoms with E-state index in [9.17, 15) is 13.2 Å². The molecule has 0 aromatic heterocycles. The lowest BCUT2D eigenvalue weighted by atomic mass is 10.3. The van der Waals surface area contributed by atoms with Gasteiger partial charge in [0.05, 0.1) is 11.9 Å². The summed E-state index contributed by atoms with van der Waals surface area (Å²) in [5.74, 6) is 0.334. The Kier molecular flexibility index (Phi) is 8.34. The number of nitrogens with one attached hydrogen (secondary N) is 1. The number of hydrogen-bond donors (Lipinski definition) is 1. The van der Waals surface area contributed by atoms with E-state index in [2.05, 4.69) is 5.32 Å². The van der Waals surface area contributed by atoms with Crippen molar-refractivity contribution in [1.29, 1.82) is 0 Å². The van der Waals surface area contributed by atoms with E-state index in [0.717, 1.165) is 20.4 Å². The maximum atomic E-state index is 12.2. The molecule has 0 saturated heterocycles. The van der Waals surface area contributed by atoms with Crippen molar-refractivity contribution in [2.75, 3.05) is 35.7 Å². The number of halogens is 1. The third-order valence-electron chi connectivity index (χ3n) is 3.54. The summed E-state index contributed by atoms with van der Waals surface area (Å²) in [6, 6.07) is 14.6. The smallest absolute Gasteiger partial charge is 0.240 e. The second-order valence-corrected chi connectivity index (χ2v) is 10.0. The molecule has 0 bridgehead atoms. The van der Waals surface area contributed by atoms with Gasteiger partial charge in [0.25, 0.3) is 0 Å². The van der Waals surface area contributed by atoms with Gasteiger partial charge in [0.15, 0.2) is 0 Å². The summed E-state index contributed by atoms with van der Waals surface area (Å²) in [6.45, 7) is 0.191. The number of carbonyl (C=O) groups excluding carboxylic acids is 1. The van der Waals surface area contributed by atoms with Gasteiger partial charge in [-0.25, -0.2) is 8.42 Å². The van der Waals surface area contributed by atoms with Crippen molar-refractivity contribution in [3.8, 4) is 0 Å². The Bertz CT molecular complexity index is 874. The van der Waals surface area contributed by atoms with Gasteiger partial charge in [0, 0.05) is 27.1 Å². The average molecular weight is 445 g/mol. The lowest BCUT2D eigenvalue weighted by Gasteiger charge is -2.22. The predicted molar refractivity (Wildman–Crippen MR) is 116 cm³/mol. The van der Waals surface area contributed by atoms with Crippen molar-refractivity contribution in [2.24, 2.45) is 0 Å². The Morgan fingerprint density at radius 3 is 2.48 bits per heavy atom. The van der Waals surface area contributed by atoms with Gasteiger partial charge in [0.2, 0.25) is 15.9 Å². The van der Waals surface area contributed by atoms with Crippen LogP contribution in [-0.4, -0.2) is 45.7 Å². The van der Waals surface area contributed by atoms with Crippen LogP contribution in [0, 0.1) is 0 Å². The van der Waals surface area contributed by atoms with E-state index in [1.807, 2.05) is 36.6 Å². The zero-order valence-electron chi connectivity index (χ0n) is 15.0. The number of nitrogens with zero attached hydrogens (tertiary/aromatic N) is 1. The summed E-state index contributed by atoms with van der Waals surface area (Å²) in [6.07, 6.45) is 3.01. The van der Waals surface area contributed by atoms with E-state index >= 15 is 0 Å². The third kappa shape index (κ3) is 7.29. The van der Waals surface area contributed by atoms with Crippen molar-refractivity contribution < 1.29 is 13.2 Å². The number of benzene rings is 2. The van der Waals surface area contributed by atoms with E-state index in [1.54, 1.807) is 30.0 Å². The Balaban J connectivity index is 1.91. The van der Waals surface area contributed by atoms with Gasteiger partial charge in [-0.3, -0.25) is 9.10 Å². The van der Waals surface area contributed by atoms with E-state index in [-0.39, 0.29) is 12.5 Å². The molecule has 0 saturated carbocycles. The molecule has 2 aromatic carbocycles. The molecule has 5 nitrogen and oxygen atoms in total. The zero-order valence-corrected chi connectivity index (χ0v) is 18.2. The fourth-order valence-corrected chi connectivity index (χ4v) is 4.44. The van der Waals surface area contributed by atoms with Gasteiger partial charge in [0.1, 0.15) is 6.54 Å². The zero-order chi connectivity index (χ0) is 19.9.